The quantitative estimate of drug-likeness (QED) is 0.298. The fourth-order valence-electron chi connectivity index (χ4n) is 4.18. The number of aromatic nitrogens is 3. The largest absolute Gasteiger partial charge is 0.439 e. The minimum Gasteiger partial charge on any atom is -0.439 e. The number of nitrogens with zero attached hydrogens (tertiary/aromatic N) is 3. The van der Waals surface area contributed by atoms with E-state index in [1.165, 1.54) is 6.08 Å². The van der Waals surface area contributed by atoms with Crippen LogP contribution in [0.5, 0.6) is 11.6 Å². The number of carbonyl (C=O) groups is 2. The predicted molar refractivity (Wildman–Crippen MR) is 142 cm³/mol. The van der Waals surface area contributed by atoms with Gasteiger partial charge in [-0.2, -0.15) is 5.10 Å². The van der Waals surface area contributed by atoms with Crippen LogP contribution in [0.25, 0.3) is 27.9 Å². The van der Waals surface area contributed by atoms with E-state index in [0.29, 0.717) is 39.7 Å². The zero-order chi connectivity index (χ0) is 25.9. The van der Waals surface area contributed by atoms with Gasteiger partial charge in [0.05, 0.1) is 16.8 Å². The van der Waals surface area contributed by atoms with E-state index in [9.17, 15) is 9.59 Å². The van der Waals surface area contributed by atoms with E-state index in [1.807, 2.05) is 55.5 Å². The molecule has 182 valence electrons. The van der Waals surface area contributed by atoms with Crippen LogP contribution in [0.4, 0.5) is 5.69 Å². The molecule has 0 aliphatic rings. The molecule has 3 heterocycles. The summed E-state index contributed by atoms with van der Waals surface area (Å²) in [6, 6.07) is 23.8. The lowest BCUT2D eigenvalue weighted by molar-refractivity contribution is -0.111. The molecule has 3 aromatic heterocycles. The number of amides is 2. The van der Waals surface area contributed by atoms with E-state index < -0.39 is 5.91 Å². The van der Waals surface area contributed by atoms with Gasteiger partial charge in [0.15, 0.2) is 0 Å². The van der Waals surface area contributed by atoms with Gasteiger partial charge in [-0.25, -0.2) is 9.50 Å². The Balaban J connectivity index is 1.62. The van der Waals surface area contributed by atoms with E-state index in [4.69, 9.17) is 10.5 Å². The van der Waals surface area contributed by atoms with Crippen LogP contribution >= 0.6 is 0 Å². The molecule has 0 spiro atoms. The van der Waals surface area contributed by atoms with Crippen molar-refractivity contribution < 1.29 is 14.3 Å². The molecule has 5 rings (SSSR count). The molecular formula is C29H23N5O3. The van der Waals surface area contributed by atoms with Crippen LogP contribution in [-0.2, 0) is 4.79 Å². The van der Waals surface area contributed by atoms with Gasteiger partial charge in [0.2, 0.25) is 11.8 Å². The fourth-order valence-corrected chi connectivity index (χ4v) is 4.18. The topological polar surface area (TPSA) is 112 Å². The smallest absolute Gasteiger partial charge is 0.251 e. The number of rotatable bonds is 7. The standard InChI is InChI=1S/C29H23N5O3/c1-3-24(35)33-21-13-9-20(10-14-21)28-26(27(29(30)36)23-7-5-17-31-34(23)28)19-11-15-22(16-12-19)37-25-8-4-6-18(2)32-25/h3-17H,1H2,2H3,(H2,30,36)(H,33,35). The number of carbonyl (C=O) groups excluding carboxylic acids is 2. The third-order valence-electron chi connectivity index (χ3n) is 5.79. The number of hydrogen-bond acceptors (Lipinski definition) is 5. The van der Waals surface area contributed by atoms with Gasteiger partial charge in [-0.3, -0.25) is 9.59 Å². The molecular weight excluding hydrogens is 466 g/mol. The molecule has 0 radical (unpaired) electrons. The Bertz CT molecular complexity index is 1640. The summed E-state index contributed by atoms with van der Waals surface area (Å²) < 4.78 is 7.60. The van der Waals surface area contributed by atoms with Crippen LogP contribution in [0.2, 0.25) is 0 Å². The number of anilines is 1. The highest BCUT2D eigenvalue weighted by Crippen LogP contribution is 2.39. The van der Waals surface area contributed by atoms with Crippen molar-refractivity contribution in [3.05, 3.63) is 109 Å². The number of primary amides is 1. The maximum atomic E-state index is 12.7. The molecule has 5 aromatic rings. The Morgan fingerprint density at radius 3 is 2.38 bits per heavy atom. The van der Waals surface area contributed by atoms with E-state index in [-0.39, 0.29) is 5.91 Å². The number of pyridine rings is 1. The molecule has 2 amide bonds. The second-order valence-corrected chi connectivity index (χ2v) is 8.30. The first-order valence-electron chi connectivity index (χ1n) is 11.5. The Labute approximate surface area is 213 Å². The molecule has 8 heteroatoms. The van der Waals surface area contributed by atoms with E-state index in [2.05, 4.69) is 22.0 Å². The average Bonchev–Trinajstić information content (AvgIpc) is 3.25. The van der Waals surface area contributed by atoms with Crippen molar-refractivity contribution in [3.63, 3.8) is 0 Å². The van der Waals surface area contributed by atoms with Crippen molar-refractivity contribution in [2.45, 2.75) is 6.92 Å². The van der Waals surface area contributed by atoms with Gasteiger partial charge in [-0.05, 0) is 61.0 Å². The zero-order valence-electron chi connectivity index (χ0n) is 20.0. The Hall–Kier alpha value is -5.24. The van der Waals surface area contributed by atoms with Crippen molar-refractivity contribution in [3.8, 4) is 34.0 Å². The zero-order valence-corrected chi connectivity index (χ0v) is 20.0. The van der Waals surface area contributed by atoms with Crippen molar-refractivity contribution in [1.82, 2.24) is 14.6 Å². The molecule has 37 heavy (non-hydrogen) atoms. The Morgan fingerprint density at radius 2 is 1.70 bits per heavy atom. The predicted octanol–water partition coefficient (Wildman–Crippen LogP) is 5.39. The summed E-state index contributed by atoms with van der Waals surface area (Å²) in [6.07, 6.45) is 2.85. The first-order chi connectivity index (χ1) is 17.9. The highest BCUT2D eigenvalue weighted by molar-refractivity contribution is 6.10. The summed E-state index contributed by atoms with van der Waals surface area (Å²) in [5.41, 5.74) is 11.2. The number of ether oxygens (including phenoxy) is 1. The first-order valence-corrected chi connectivity index (χ1v) is 11.5. The van der Waals surface area contributed by atoms with Crippen molar-refractivity contribution in [1.29, 1.82) is 0 Å². The highest BCUT2D eigenvalue weighted by atomic mass is 16.5. The van der Waals surface area contributed by atoms with Crippen molar-refractivity contribution in [2.75, 3.05) is 5.32 Å². The van der Waals surface area contributed by atoms with Gasteiger partial charge in [0.1, 0.15) is 5.75 Å². The van der Waals surface area contributed by atoms with E-state index >= 15 is 0 Å². The van der Waals surface area contributed by atoms with Crippen molar-refractivity contribution >= 4 is 23.0 Å². The number of nitrogens with one attached hydrogen (secondary N) is 1. The molecule has 0 atom stereocenters. The minimum atomic E-state index is -0.564. The third-order valence-corrected chi connectivity index (χ3v) is 5.79. The maximum absolute atomic E-state index is 12.7. The third kappa shape index (κ3) is 4.68. The molecule has 0 unspecified atom stereocenters. The molecule has 8 nitrogen and oxygen atoms in total. The fraction of sp³-hybridized carbons (Fsp3) is 0.0345. The normalized spacial score (nSPS) is 10.7. The summed E-state index contributed by atoms with van der Waals surface area (Å²) >= 11 is 0. The number of hydrogen-bond donors (Lipinski definition) is 2. The number of nitrogens with two attached hydrogens (primary N) is 1. The molecule has 0 aliphatic heterocycles. The molecule has 0 bridgehead atoms. The number of aryl methyl sites for hydroxylation is 1. The summed E-state index contributed by atoms with van der Waals surface area (Å²) in [4.78, 5) is 28.7. The first kappa shape index (κ1) is 23.5. The monoisotopic (exact) mass is 489 g/mol. The van der Waals surface area contributed by atoms with Crippen LogP contribution in [0.3, 0.4) is 0 Å². The lowest BCUT2D eigenvalue weighted by Gasteiger charge is -2.10. The minimum absolute atomic E-state index is 0.303. The lowest BCUT2D eigenvalue weighted by atomic mass is 9.96. The summed E-state index contributed by atoms with van der Waals surface area (Å²) in [7, 11) is 0. The Morgan fingerprint density at radius 1 is 0.973 bits per heavy atom. The highest BCUT2D eigenvalue weighted by Gasteiger charge is 2.25. The van der Waals surface area contributed by atoms with Crippen LogP contribution in [-0.4, -0.2) is 26.4 Å². The Kier molecular flexibility index (Phi) is 6.22. The van der Waals surface area contributed by atoms with Crippen LogP contribution in [0.1, 0.15) is 16.1 Å². The summed E-state index contributed by atoms with van der Waals surface area (Å²) in [5, 5.41) is 7.24. The van der Waals surface area contributed by atoms with Gasteiger partial charge in [0, 0.05) is 34.8 Å². The van der Waals surface area contributed by atoms with Gasteiger partial charge in [0.25, 0.3) is 5.91 Å². The summed E-state index contributed by atoms with van der Waals surface area (Å²) in [6.45, 7) is 5.37. The van der Waals surface area contributed by atoms with Gasteiger partial charge in [-0.1, -0.05) is 36.9 Å². The second-order valence-electron chi connectivity index (χ2n) is 8.30. The molecule has 2 aromatic carbocycles. The molecule has 0 aliphatic carbocycles. The number of fused-ring (bicyclic) bond motifs is 1. The van der Waals surface area contributed by atoms with Crippen LogP contribution in [0, 0.1) is 6.92 Å². The maximum Gasteiger partial charge on any atom is 0.251 e. The molecule has 0 saturated heterocycles. The van der Waals surface area contributed by atoms with E-state index in [1.54, 1.807) is 41.0 Å². The van der Waals surface area contributed by atoms with Crippen LogP contribution < -0.4 is 15.8 Å². The van der Waals surface area contributed by atoms with Gasteiger partial charge < -0.3 is 15.8 Å². The molecule has 3 N–H and O–H groups in total. The average molecular weight is 490 g/mol. The second kappa shape index (κ2) is 9.79. The van der Waals surface area contributed by atoms with Gasteiger partial charge >= 0.3 is 0 Å². The van der Waals surface area contributed by atoms with Crippen LogP contribution in [0.15, 0.2) is 97.7 Å². The number of benzene rings is 2. The molecule has 0 fully saturated rings. The molecule has 0 saturated carbocycles. The SMILES string of the molecule is C=CC(=O)Nc1ccc(-c2c(-c3ccc(Oc4cccc(C)n4)cc3)c(C(N)=O)c3cccnn23)cc1. The van der Waals surface area contributed by atoms with Crippen molar-refractivity contribution in [2.24, 2.45) is 5.73 Å². The lowest BCUT2D eigenvalue weighted by Crippen LogP contribution is -2.11. The van der Waals surface area contributed by atoms with E-state index in [0.717, 1.165) is 16.8 Å². The summed E-state index contributed by atoms with van der Waals surface area (Å²) in [5.74, 6) is 0.232. The van der Waals surface area contributed by atoms with Gasteiger partial charge in [-0.15, -0.1) is 0 Å².